The van der Waals surface area contributed by atoms with Crippen LogP contribution in [0.5, 0.6) is 5.75 Å². The van der Waals surface area contributed by atoms with E-state index in [1.807, 2.05) is 49.4 Å². The standard InChI is InChI=1S/C15H13BrO2S/c1-2-5-11-6-3-4-7-13(11)18-10-12(17)14-8-9-15(16)19-14/h2-9H,10H2,1H3/b5-2+. The van der Waals surface area contributed by atoms with Crippen LogP contribution >= 0.6 is 27.3 Å². The highest BCUT2D eigenvalue weighted by Gasteiger charge is 2.10. The molecule has 1 heterocycles. The van der Waals surface area contributed by atoms with Crippen LogP contribution in [-0.4, -0.2) is 12.4 Å². The van der Waals surface area contributed by atoms with Crippen molar-refractivity contribution in [2.75, 3.05) is 6.61 Å². The minimum atomic E-state index is -0.00835. The summed E-state index contributed by atoms with van der Waals surface area (Å²) in [7, 11) is 0. The minimum absolute atomic E-state index is 0.00835. The van der Waals surface area contributed by atoms with Gasteiger partial charge in [0.1, 0.15) is 5.75 Å². The minimum Gasteiger partial charge on any atom is -0.485 e. The van der Waals surface area contributed by atoms with Crippen molar-refractivity contribution in [3.05, 3.63) is 56.7 Å². The first-order valence-electron chi connectivity index (χ1n) is 5.84. The average molecular weight is 337 g/mol. The third kappa shape index (κ3) is 3.78. The van der Waals surface area contributed by atoms with Crippen molar-refractivity contribution >= 4 is 39.1 Å². The molecule has 0 atom stereocenters. The molecule has 19 heavy (non-hydrogen) atoms. The third-order valence-electron chi connectivity index (χ3n) is 2.47. The molecule has 0 unspecified atom stereocenters. The molecule has 1 aromatic carbocycles. The van der Waals surface area contributed by atoms with Gasteiger partial charge in [0.25, 0.3) is 0 Å². The Morgan fingerprint density at radius 2 is 2.11 bits per heavy atom. The highest BCUT2D eigenvalue weighted by atomic mass is 79.9. The van der Waals surface area contributed by atoms with E-state index < -0.39 is 0 Å². The molecule has 0 fully saturated rings. The monoisotopic (exact) mass is 336 g/mol. The molecule has 0 N–H and O–H groups in total. The summed E-state index contributed by atoms with van der Waals surface area (Å²) in [4.78, 5) is 12.7. The van der Waals surface area contributed by atoms with Crippen LogP contribution in [0, 0.1) is 0 Å². The van der Waals surface area contributed by atoms with Crippen molar-refractivity contribution in [1.29, 1.82) is 0 Å². The third-order valence-corrected chi connectivity index (χ3v) is 4.14. The van der Waals surface area contributed by atoms with E-state index in [2.05, 4.69) is 15.9 Å². The number of hydrogen-bond acceptors (Lipinski definition) is 3. The summed E-state index contributed by atoms with van der Waals surface area (Å²) in [5.74, 6) is 0.718. The summed E-state index contributed by atoms with van der Waals surface area (Å²) in [5, 5.41) is 0. The van der Waals surface area contributed by atoms with Crippen LogP contribution in [-0.2, 0) is 0 Å². The molecule has 98 valence electrons. The normalized spacial score (nSPS) is 10.8. The zero-order valence-corrected chi connectivity index (χ0v) is 12.8. The van der Waals surface area contributed by atoms with Crippen LogP contribution in [0.1, 0.15) is 22.2 Å². The Hall–Kier alpha value is -1.39. The van der Waals surface area contributed by atoms with Gasteiger partial charge in [-0.2, -0.15) is 0 Å². The van der Waals surface area contributed by atoms with Crippen molar-refractivity contribution in [2.45, 2.75) is 6.92 Å². The van der Waals surface area contributed by atoms with E-state index in [0.29, 0.717) is 4.88 Å². The van der Waals surface area contributed by atoms with Gasteiger partial charge in [0.2, 0.25) is 5.78 Å². The SMILES string of the molecule is C/C=C/c1ccccc1OCC(=O)c1ccc(Br)s1. The summed E-state index contributed by atoms with van der Waals surface area (Å²) in [6.45, 7) is 2.01. The number of hydrogen-bond donors (Lipinski definition) is 0. The second-order valence-electron chi connectivity index (χ2n) is 3.85. The Labute approximate surface area is 124 Å². The van der Waals surface area contributed by atoms with Crippen LogP contribution in [0.25, 0.3) is 6.08 Å². The number of Topliss-reactive ketones (excluding diaryl/α,β-unsaturated/α-hetero) is 1. The van der Waals surface area contributed by atoms with Crippen LogP contribution in [0.4, 0.5) is 0 Å². The van der Waals surface area contributed by atoms with Gasteiger partial charge in [-0.1, -0.05) is 30.4 Å². The summed E-state index contributed by atoms with van der Waals surface area (Å²) in [6.07, 6.45) is 3.90. The topological polar surface area (TPSA) is 26.3 Å². The molecule has 4 heteroatoms. The van der Waals surface area contributed by atoms with Gasteiger partial charge >= 0.3 is 0 Å². The molecule has 0 saturated carbocycles. The van der Waals surface area contributed by atoms with E-state index in [1.54, 1.807) is 6.07 Å². The van der Waals surface area contributed by atoms with Gasteiger partial charge in [0, 0.05) is 5.56 Å². The first-order chi connectivity index (χ1) is 9.20. The van der Waals surface area contributed by atoms with Gasteiger partial charge in [0.15, 0.2) is 6.61 Å². The number of carbonyl (C=O) groups excluding carboxylic acids is 1. The molecule has 2 rings (SSSR count). The summed E-state index contributed by atoms with van der Waals surface area (Å²) in [5.41, 5.74) is 0.977. The number of allylic oxidation sites excluding steroid dienone is 1. The number of carbonyl (C=O) groups is 1. The van der Waals surface area contributed by atoms with Crippen molar-refractivity contribution in [1.82, 2.24) is 0 Å². The number of benzene rings is 1. The second kappa shape index (κ2) is 6.68. The maximum Gasteiger partial charge on any atom is 0.210 e. The van der Waals surface area contributed by atoms with Gasteiger partial charge in [0.05, 0.1) is 8.66 Å². The van der Waals surface area contributed by atoms with Crippen molar-refractivity contribution in [3.8, 4) is 5.75 Å². The zero-order chi connectivity index (χ0) is 13.7. The smallest absolute Gasteiger partial charge is 0.210 e. The van der Waals surface area contributed by atoms with Crippen molar-refractivity contribution in [2.24, 2.45) is 0 Å². The van der Waals surface area contributed by atoms with E-state index in [4.69, 9.17) is 4.74 Å². The highest BCUT2D eigenvalue weighted by molar-refractivity contribution is 9.11. The second-order valence-corrected chi connectivity index (χ2v) is 6.32. The van der Waals surface area contributed by atoms with E-state index in [0.717, 1.165) is 15.1 Å². The summed E-state index contributed by atoms with van der Waals surface area (Å²) >= 11 is 4.76. The average Bonchev–Trinajstić information content (AvgIpc) is 2.84. The van der Waals surface area contributed by atoms with Gasteiger partial charge in [-0.15, -0.1) is 11.3 Å². The van der Waals surface area contributed by atoms with Gasteiger partial charge in [-0.25, -0.2) is 0 Å². The van der Waals surface area contributed by atoms with Gasteiger partial charge < -0.3 is 4.74 Å². The largest absolute Gasteiger partial charge is 0.485 e. The van der Waals surface area contributed by atoms with Gasteiger partial charge in [-0.05, 0) is 41.1 Å². The maximum atomic E-state index is 11.9. The van der Waals surface area contributed by atoms with Gasteiger partial charge in [-0.3, -0.25) is 4.79 Å². The molecule has 0 aliphatic carbocycles. The van der Waals surface area contributed by atoms with E-state index in [-0.39, 0.29) is 12.4 Å². The van der Waals surface area contributed by atoms with Crippen LogP contribution in [0.15, 0.2) is 46.3 Å². The van der Waals surface area contributed by atoms with E-state index in [9.17, 15) is 4.79 Å². The molecule has 2 nitrogen and oxygen atoms in total. The fourth-order valence-electron chi connectivity index (χ4n) is 1.61. The Bertz CT molecular complexity index is 602. The lowest BCUT2D eigenvalue weighted by atomic mass is 10.2. The molecular formula is C15H13BrO2S. The number of thiophene rings is 1. The summed E-state index contributed by atoms with van der Waals surface area (Å²) < 4.78 is 6.55. The number of para-hydroxylation sites is 1. The predicted molar refractivity (Wildman–Crippen MR) is 83.0 cm³/mol. The molecule has 0 aliphatic rings. The molecule has 2 aromatic rings. The number of rotatable bonds is 5. The van der Waals surface area contributed by atoms with Crippen molar-refractivity contribution in [3.63, 3.8) is 0 Å². The fourth-order valence-corrected chi connectivity index (χ4v) is 2.92. The number of halogens is 1. The number of ether oxygens (including phenoxy) is 1. The first-order valence-corrected chi connectivity index (χ1v) is 7.44. The molecule has 0 bridgehead atoms. The molecule has 0 amide bonds. The lowest BCUT2D eigenvalue weighted by Gasteiger charge is -2.07. The fraction of sp³-hybridized carbons (Fsp3) is 0.133. The Balaban J connectivity index is 2.05. The van der Waals surface area contributed by atoms with Crippen LogP contribution in [0.2, 0.25) is 0 Å². The van der Waals surface area contributed by atoms with Crippen LogP contribution < -0.4 is 4.74 Å². The predicted octanol–water partition coefficient (Wildman–Crippen LogP) is 4.81. The molecule has 0 aliphatic heterocycles. The van der Waals surface area contributed by atoms with E-state index in [1.165, 1.54) is 11.3 Å². The zero-order valence-electron chi connectivity index (χ0n) is 10.4. The molecular weight excluding hydrogens is 324 g/mol. The van der Waals surface area contributed by atoms with E-state index >= 15 is 0 Å². The Morgan fingerprint density at radius 3 is 2.79 bits per heavy atom. The summed E-state index contributed by atoms with van der Waals surface area (Å²) in [6, 6.07) is 11.3. The Kier molecular flexibility index (Phi) is 4.93. The highest BCUT2D eigenvalue weighted by Crippen LogP contribution is 2.23. The molecule has 0 radical (unpaired) electrons. The molecule has 1 aromatic heterocycles. The lowest BCUT2D eigenvalue weighted by molar-refractivity contribution is 0.0925. The maximum absolute atomic E-state index is 11.9. The number of ketones is 1. The molecule has 0 spiro atoms. The lowest BCUT2D eigenvalue weighted by Crippen LogP contribution is -2.10. The van der Waals surface area contributed by atoms with Crippen LogP contribution in [0.3, 0.4) is 0 Å². The quantitative estimate of drug-likeness (QED) is 0.732. The molecule has 0 saturated heterocycles. The Morgan fingerprint density at radius 1 is 1.32 bits per heavy atom. The van der Waals surface area contributed by atoms with Crippen molar-refractivity contribution < 1.29 is 9.53 Å². The first kappa shape index (κ1) is 14.0.